The molecule has 0 spiro atoms. The van der Waals surface area contributed by atoms with Crippen LogP contribution < -0.4 is 17.0 Å². The van der Waals surface area contributed by atoms with Crippen molar-refractivity contribution in [3.63, 3.8) is 0 Å². The number of nitrogens with one attached hydrogen (secondary N) is 1. The summed E-state index contributed by atoms with van der Waals surface area (Å²) in [5.41, 5.74) is 7.27. The molecule has 0 aliphatic carbocycles. The SMILES string of the molecule is NNC(N)=Nc1cc(F)cc(F)c1. The van der Waals surface area contributed by atoms with Gasteiger partial charge in [-0.05, 0) is 12.1 Å². The van der Waals surface area contributed by atoms with Gasteiger partial charge in [0.05, 0.1) is 5.69 Å². The second kappa shape index (κ2) is 3.81. The second-order valence-electron chi connectivity index (χ2n) is 2.27. The molecule has 0 aliphatic heterocycles. The zero-order valence-corrected chi connectivity index (χ0v) is 6.59. The van der Waals surface area contributed by atoms with Gasteiger partial charge in [-0.3, -0.25) is 5.43 Å². The van der Waals surface area contributed by atoms with Crippen molar-refractivity contribution in [1.82, 2.24) is 5.43 Å². The molecule has 0 bridgehead atoms. The maximum Gasteiger partial charge on any atom is 0.208 e. The number of rotatable bonds is 1. The van der Waals surface area contributed by atoms with Gasteiger partial charge in [-0.1, -0.05) is 0 Å². The lowest BCUT2D eigenvalue weighted by molar-refractivity contribution is 0.584. The zero-order valence-electron chi connectivity index (χ0n) is 6.59. The van der Waals surface area contributed by atoms with Gasteiger partial charge in [0.25, 0.3) is 0 Å². The Labute approximate surface area is 73.2 Å². The minimum absolute atomic E-state index is 0.0629. The van der Waals surface area contributed by atoms with Crippen LogP contribution in [0.5, 0.6) is 0 Å². The van der Waals surface area contributed by atoms with E-state index in [1.807, 2.05) is 5.43 Å². The third-order valence-electron chi connectivity index (χ3n) is 1.24. The Morgan fingerprint density at radius 3 is 2.23 bits per heavy atom. The Bertz CT molecular complexity index is 317. The predicted molar refractivity (Wildman–Crippen MR) is 45.0 cm³/mol. The quantitative estimate of drug-likeness (QED) is 0.257. The minimum atomic E-state index is -0.719. The van der Waals surface area contributed by atoms with Crippen molar-refractivity contribution in [3.05, 3.63) is 29.8 Å². The van der Waals surface area contributed by atoms with E-state index >= 15 is 0 Å². The number of halogens is 2. The highest BCUT2D eigenvalue weighted by molar-refractivity contribution is 5.80. The lowest BCUT2D eigenvalue weighted by Gasteiger charge is -1.98. The van der Waals surface area contributed by atoms with E-state index in [2.05, 4.69) is 4.99 Å². The summed E-state index contributed by atoms with van der Waals surface area (Å²) in [6.45, 7) is 0. The highest BCUT2D eigenvalue weighted by atomic mass is 19.1. The standard InChI is InChI=1S/C7H8F2N4/c8-4-1-5(9)3-6(2-4)12-7(10)13-11/h1-3H,11H2,(H3,10,12,13). The highest BCUT2D eigenvalue weighted by Gasteiger charge is 1.99. The molecule has 1 rings (SSSR count). The summed E-state index contributed by atoms with van der Waals surface area (Å²) in [4.78, 5) is 3.58. The van der Waals surface area contributed by atoms with E-state index in [-0.39, 0.29) is 11.6 Å². The Morgan fingerprint density at radius 1 is 1.23 bits per heavy atom. The molecule has 5 N–H and O–H groups in total. The topological polar surface area (TPSA) is 76.4 Å². The predicted octanol–water partition coefficient (Wildman–Crippen LogP) is 0.374. The number of hydrazine groups is 1. The summed E-state index contributed by atoms with van der Waals surface area (Å²) < 4.78 is 25.2. The van der Waals surface area contributed by atoms with E-state index in [9.17, 15) is 8.78 Å². The van der Waals surface area contributed by atoms with Gasteiger partial charge in [0.15, 0.2) is 0 Å². The first-order chi connectivity index (χ1) is 6.11. The first-order valence-electron chi connectivity index (χ1n) is 3.38. The first-order valence-corrected chi connectivity index (χ1v) is 3.38. The molecule has 70 valence electrons. The van der Waals surface area contributed by atoms with Crippen LogP contribution in [0.25, 0.3) is 0 Å². The number of hydrogen-bond donors (Lipinski definition) is 3. The minimum Gasteiger partial charge on any atom is -0.369 e. The molecule has 0 heterocycles. The number of aliphatic imine (C=N–C) groups is 1. The van der Waals surface area contributed by atoms with Crippen molar-refractivity contribution in [2.75, 3.05) is 0 Å². The molecule has 0 radical (unpaired) electrons. The molecule has 0 fully saturated rings. The second-order valence-corrected chi connectivity index (χ2v) is 2.27. The number of guanidine groups is 1. The van der Waals surface area contributed by atoms with E-state index in [1.165, 1.54) is 0 Å². The molecule has 1 aromatic rings. The molecule has 0 saturated heterocycles. The molecule has 0 saturated carbocycles. The zero-order chi connectivity index (χ0) is 9.84. The van der Waals surface area contributed by atoms with E-state index in [0.29, 0.717) is 0 Å². The number of benzene rings is 1. The van der Waals surface area contributed by atoms with Crippen molar-refractivity contribution >= 4 is 11.6 Å². The summed E-state index contributed by atoms with van der Waals surface area (Å²) >= 11 is 0. The Hall–Kier alpha value is -1.69. The molecule has 0 aromatic heterocycles. The highest BCUT2D eigenvalue weighted by Crippen LogP contribution is 2.15. The van der Waals surface area contributed by atoms with E-state index < -0.39 is 11.6 Å². The van der Waals surface area contributed by atoms with Crippen molar-refractivity contribution in [3.8, 4) is 0 Å². The van der Waals surface area contributed by atoms with Crippen LogP contribution in [0, 0.1) is 11.6 Å². The molecule has 6 heteroatoms. The van der Waals surface area contributed by atoms with Gasteiger partial charge in [0.2, 0.25) is 5.96 Å². The van der Waals surface area contributed by atoms with Crippen LogP contribution in [-0.2, 0) is 0 Å². The fourth-order valence-electron chi connectivity index (χ4n) is 0.775. The van der Waals surface area contributed by atoms with Crippen LogP contribution in [0.15, 0.2) is 23.2 Å². The Kier molecular flexibility index (Phi) is 2.76. The van der Waals surface area contributed by atoms with Crippen molar-refractivity contribution in [2.24, 2.45) is 16.6 Å². The summed E-state index contributed by atoms with van der Waals surface area (Å²) in [7, 11) is 0. The van der Waals surface area contributed by atoms with Crippen LogP contribution in [0.4, 0.5) is 14.5 Å². The molecular formula is C7H8F2N4. The molecule has 0 unspecified atom stereocenters. The summed E-state index contributed by atoms with van der Waals surface area (Å²) in [6, 6.07) is 2.81. The van der Waals surface area contributed by atoms with E-state index in [1.54, 1.807) is 0 Å². The maximum atomic E-state index is 12.6. The van der Waals surface area contributed by atoms with Gasteiger partial charge in [-0.25, -0.2) is 19.6 Å². The van der Waals surface area contributed by atoms with Crippen molar-refractivity contribution in [1.29, 1.82) is 0 Å². The van der Waals surface area contributed by atoms with E-state index in [0.717, 1.165) is 18.2 Å². The average molecular weight is 186 g/mol. The Balaban J connectivity index is 3.02. The van der Waals surface area contributed by atoms with Crippen LogP contribution >= 0.6 is 0 Å². The summed E-state index contributed by atoms with van der Waals surface area (Å²) in [5, 5.41) is 0. The fraction of sp³-hybridized carbons (Fsp3) is 0. The largest absolute Gasteiger partial charge is 0.369 e. The normalized spacial score (nSPS) is 11.5. The lowest BCUT2D eigenvalue weighted by Crippen LogP contribution is -2.36. The molecule has 0 amide bonds. The number of nitrogens with zero attached hydrogens (tertiary/aromatic N) is 1. The monoisotopic (exact) mass is 186 g/mol. The lowest BCUT2D eigenvalue weighted by atomic mass is 10.3. The van der Waals surface area contributed by atoms with Gasteiger partial charge in [0, 0.05) is 6.07 Å². The van der Waals surface area contributed by atoms with Gasteiger partial charge >= 0.3 is 0 Å². The summed E-state index contributed by atoms with van der Waals surface area (Å²) in [5.74, 6) is 3.34. The molecule has 13 heavy (non-hydrogen) atoms. The van der Waals surface area contributed by atoms with Crippen LogP contribution in [0.3, 0.4) is 0 Å². The van der Waals surface area contributed by atoms with Gasteiger partial charge in [-0.15, -0.1) is 0 Å². The smallest absolute Gasteiger partial charge is 0.208 e. The molecular weight excluding hydrogens is 178 g/mol. The van der Waals surface area contributed by atoms with E-state index in [4.69, 9.17) is 11.6 Å². The average Bonchev–Trinajstić information content (AvgIpc) is 2.02. The molecule has 0 aliphatic rings. The third-order valence-corrected chi connectivity index (χ3v) is 1.24. The molecule has 0 atom stereocenters. The third kappa shape index (κ3) is 2.68. The maximum absolute atomic E-state index is 12.6. The number of nitrogens with two attached hydrogens (primary N) is 2. The fourth-order valence-corrected chi connectivity index (χ4v) is 0.775. The first kappa shape index (κ1) is 9.40. The van der Waals surface area contributed by atoms with Gasteiger partial charge < -0.3 is 5.73 Å². The van der Waals surface area contributed by atoms with Gasteiger partial charge in [-0.2, -0.15) is 0 Å². The summed E-state index contributed by atoms with van der Waals surface area (Å²) in [6.07, 6.45) is 0. The van der Waals surface area contributed by atoms with Crippen LogP contribution in [0.2, 0.25) is 0 Å². The van der Waals surface area contributed by atoms with Gasteiger partial charge in [0.1, 0.15) is 11.6 Å². The van der Waals surface area contributed by atoms with Crippen LogP contribution in [-0.4, -0.2) is 5.96 Å². The number of hydrogen-bond acceptors (Lipinski definition) is 2. The molecule has 4 nitrogen and oxygen atoms in total. The van der Waals surface area contributed by atoms with Crippen molar-refractivity contribution in [2.45, 2.75) is 0 Å². The van der Waals surface area contributed by atoms with Crippen LogP contribution in [0.1, 0.15) is 0 Å². The Morgan fingerprint density at radius 2 is 1.77 bits per heavy atom. The molecule has 1 aromatic carbocycles. The van der Waals surface area contributed by atoms with Crippen molar-refractivity contribution < 1.29 is 8.78 Å².